The van der Waals surface area contributed by atoms with Crippen molar-refractivity contribution in [2.24, 2.45) is 0 Å². The molecular weight excluding hydrogens is 268 g/mol. The van der Waals surface area contributed by atoms with Crippen LogP contribution < -0.4 is 10.3 Å². The molecule has 1 aromatic heterocycles. The Morgan fingerprint density at radius 3 is 2.84 bits per heavy atom. The van der Waals surface area contributed by atoms with Gasteiger partial charge in [0.25, 0.3) is 5.56 Å². The van der Waals surface area contributed by atoms with Gasteiger partial charge < -0.3 is 4.74 Å². The molecule has 0 aliphatic rings. The zero-order chi connectivity index (χ0) is 13.8. The van der Waals surface area contributed by atoms with E-state index in [1.54, 1.807) is 12.1 Å². The summed E-state index contributed by atoms with van der Waals surface area (Å²) in [5, 5.41) is 4.17. The number of aromatic nitrogens is 2. The molecule has 0 atom stereocenters. The maximum Gasteiger partial charge on any atom is 0.267 e. The fraction of sp³-hybridized carbons (Fsp3) is 0.154. The Bertz CT molecular complexity index is 667. The molecule has 0 radical (unpaired) electrons. The number of Topliss-reactive ketones (excluding diaryl/α,β-unsaturated/α-hetero) is 1. The number of methoxy groups -OCH3 is 1. The number of carbonyl (C=O) groups is 1. The number of halogens is 1. The molecule has 0 saturated heterocycles. The van der Waals surface area contributed by atoms with E-state index in [0.717, 1.165) is 4.68 Å². The highest BCUT2D eigenvalue weighted by molar-refractivity contribution is 6.32. The van der Waals surface area contributed by atoms with Gasteiger partial charge in [-0.15, -0.1) is 0 Å². The smallest absolute Gasteiger partial charge is 0.267 e. The molecule has 2 aromatic rings. The first-order valence-electron chi connectivity index (χ1n) is 5.50. The molecule has 0 unspecified atom stereocenters. The number of ketones is 1. The van der Waals surface area contributed by atoms with Gasteiger partial charge in [-0.25, -0.2) is 4.68 Å². The minimum Gasteiger partial charge on any atom is -0.495 e. The standard InChI is InChI=1S/C13H11ClN2O3/c1-19-12-5-4-9(7-10(12)14)11(17)8-16-13(18)3-2-6-15-16/h2-7H,8H2,1H3. The zero-order valence-electron chi connectivity index (χ0n) is 10.2. The van der Waals surface area contributed by atoms with E-state index in [2.05, 4.69) is 5.10 Å². The molecule has 0 N–H and O–H groups in total. The van der Waals surface area contributed by atoms with Crippen LogP contribution in [0.2, 0.25) is 5.02 Å². The molecule has 0 bridgehead atoms. The third kappa shape index (κ3) is 3.00. The van der Waals surface area contributed by atoms with Gasteiger partial charge in [-0.1, -0.05) is 11.6 Å². The van der Waals surface area contributed by atoms with E-state index in [-0.39, 0.29) is 17.9 Å². The lowest BCUT2D eigenvalue weighted by Crippen LogP contribution is -2.25. The van der Waals surface area contributed by atoms with Crippen LogP contribution in [0.3, 0.4) is 0 Å². The molecule has 0 fully saturated rings. The van der Waals surface area contributed by atoms with Gasteiger partial charge in [-0.05, 0) is 24.3 Å². The number of hydrogen-bond acceptors (Lipinski definition) is 4. The van der Waals surface area contributed by atoms with Gasteiger partial charge in [-0.3, -0.25) is 9.59 Å². The lowest BCUT2D eigenvalue weighted by molar-refractivity contribution is 0.0965. The van der Waals surface area contributed by atoms with Gasteiger partial charge in [-0.2, -0.15) is 5.10 Å². The number of nitrogens with zero attached hydrogens (tertiary/aromatic N) is 2. The lowest BCUT2D eigenvalue weighted by Gasteiger charge is -2.06. The monoisotopic (exact) mass is 278 g/mol. The van der Waals surface area contributed by atoms with Gasteiger partial charge in [0.05, 0.1) is 12.1 Å². The van der Waals surface area contributed by atoms with Gasteiger partial charge in [0.1, 0.15) is 12.3 Å². The first-order chi connectivity index (χ1) is 9.11. The van der Waals surface area contributed by atoms with Crippen molar-refractivity contribution in [2.45, 2.75) is 6.54 Å². The van der Waals surface area contributed by atoms with Crippen LogP contribution in [0.5, 0.6) is 5.75 Å². The summed E-state index contributed by atoms with van der Waals surface area (Å²) in [6, 6.07) is 7.59. The van der Waals surface area contributed by atoms with E-state index in [0.29, 0.717) is 16.3 Å². The van der Waals surface area contributed by atoms with Gasteiger partial charge in [0.15, 0.2) is 5.78 Å². The second-order valence-corrected chi connectivity index (χ2v) is 4.20. The van der Waals surface area contributed by atoms with Gasteiger partial charge in [0, 0.05) is 17.8 Å². The number of carbonyl (C=O) groups excluding carboxylic acids is 1. The minimum atomic E-state index is -0.324. The SMILES string of the molecule is COc1ccc(C(=O)Cn2ncccc2=O)cc1Cl. The number of ether oxygens (including phenoxy) is 1. The Balaban J connectivity index is 2.23. The van der Waals surface area contributed by atoms with Crippen molar-refractivity contribution in [2.75, 3.05) is 7.11 Å². The number of hydrogen-bond donors (Lipinski definition) is 0. The highest BCUT2D eigenvalue weighted by Gasteiger charge is 2.11. The van der Waals surface area contributed by atoms with Crippen LogP contribution in [0.15, 0.2) is 41.3 Å². The summed E-state index contributed by atoms with van der Waals surface area (Å²) in [7, 11) is 1.50. The van der Waals surface area contributed by atoms with Crippen LogP contribution >= 0.6 is 11.6 Å². The average Bonchev–Trinajstić information content (AvgIpc) is 2.41. The van der Waals surface area contributed by atoms with Crippen molar-refractivity contribution in [3.63, 3.8) is 0 Å². The summed E-state index contributed by atoms with van der Waals surface area (Å²) in [6.45, 7) is -0.123. The third-order valence-electron chi connectivity index (χ3n) is 2.55. The summed E-state index contributed by atoms with van der Waals surface area (Å²) in [5.74, 6) is 0.249. The largest absolute Gasteiger partial charge is 0.495 e. The average molecular weight is 279 g/mol. The van der Waals surface area contributed by atoms with Crippen LogP contribution in [0.4, 0.5) is 0 Å². The topological polar surface area (TPSA) is 61.2 Å². The van der Waals surface area contributed by atoms with Crippen LogP contribution in [0, 0.1) is 0 Å². The van der Waals surface area contributed by atoms with Crippen LogP contribution in [-0.4, -0.2) is 22.7 Å². The highest BCUT2D eigenvalue weighted by Crippen LogP contribution is 2.25. The first-order valence-corrected chi connectivity index (χ1v) is 5.88. The fourth-order valence-corrected chi connectivity index (χ4v) is 1.83. The second-order valence-electron chi connectivity index (χ2n) is 3.79. The van der Waals surface area contributed by atoms with Gasteiger partial charge in [0.2, 0.25) is 0 Å². The molecule has 0 saturated carbocycles. The van der Waals surface area contributed by atoms with Crippen molar-refractivity contribution in [3.8, 4) is 5.75 Å². The molecule has 2 rings (SSSR count). The van der Waals surface area contributed by atoms with Gasteiger partial charge >= 0.3 is 0 Å². The Morgan fingerprint density at radius 2 is 2.21 bits per heavy atom. The summed E-state index contributed by atoms with van der Waals surface area (Å²) in [6.07, 6.45) is 1.45. The van der Waals surface area contributed by atoms with Crippen LogP contribution in [-0.2, 0) is 6.54 Å². The third-order valence-corrected chi connectivity index (χ3v) is 2.85. The normalized spacial score (nSPS) is 10.2. The van der Waals surface area contributed by atoms with E-state index in [1.165, 1.54) is 31.5 Å². The van der Waals surface area contributed by atoms with E-state index in [9.17, 15) is 9.59 Å². The maximum atomic E-state index is 12.0. The Kier molecular flexibility index (Phi) is 3.97. The van der Waals surface area contributed by atoms with E-state index < -0.39 is 0 Å². The quantitative estimate of drug-likeness (QED) is 0.800. The summed E-state index contributed by atoms with van der Waals surface area (Å²) in [4.78, 5) is 23.5. The Hall–Kier alpha value is -2.14. The molecule has 98 valence electrons. The molecule has 19 heavy (non-hydrogen) atoms. The zero-order valence-corrected chi connectivity index (χ0v) is 10.9. The summed E-state index contributed by atoms with van der Waals surface area (Å²) < 4.78 is 6.10. The van der Waals surface area contributed by atoms with E-state index in [1.807, 2.05) is 0 Å². The first kappa shape index (κ1) is 13.3. The van der Waals surface area contributed by atoms with Crippen molar-refractivity contribution < 1.29 is 9.53 Å². The number of benzene rings is 1. The Morgan fingerprint density at radius 1 is 1.42 bits per heavy atom. The number of rotatable bonds is 4. The maximum absolute atomic E-state index is 12.0. The fourth-order valence-electron chi connectivity index (χ4n) is 1.57. The highest BCUT2D eigenvalue weighted by atomic mass is 35.5. The molecule has 6 heteroatoms. The minimum absolute atomic E-state index is 0.123. The van der Waals surface area contributed by atoms with Crippen molar-refractivity contribution in [1.82, 2.24) is 9.78 Å². The molecule has 0 amide bonds. The molecular formula is C13H11ClN2O3. The molecule has 0 aliphatic heterocycles. The Labute approximate surface area is 114 Å². The molecule has 1 heterocycles. The summed E-state index contributed by atoms with van der Waals surface area (Å²) in [5.41, 5.74) is 0.0822. The predicted molar refractivity (Wildman–Crippen MR) is 70.8 cm³/mol. The molecule has 5 nitrogen and oxygen atoms in total. The van der Waals surface area contributed by atoms with Crippen LogP contribution in [0.25, 0.3) is 0 Å². The van der Waals surface area contributed by atoms with Crippen molar-refractivity contribution >= 4 is 17.4 Å². The van der Waals surface area contributed by atoms with Crippen LogP contribution in [0.1, 0.15) is 10.4 Å². The van der Waals surface area contributed by atoms with Crippen molar-refractivity contribution in [1.29, 1.82) is 0 Å². The second kappa shape index (κ2) is 5.67. The predicted octanol–water partition coefficient (Wildman–Crippen LogP) is 1.79. The van der Waals surface area contributed by atoms with E-state index in [4.69, 9.17) is 16.3 Å². The van der Waals surface area contributed by atoms with E-state index >= 15 is 0 Å². The molecule has 0 aliphatic carbocycles. The summed E-state index contributed by atoms with van der Waals surface area (Å²) >= 11 is 5.95. The molecule has 0 spiro atoms. The molecule has 1 aromatic carbocycles. The van der Waals surface area contributed by atoms with Crippen molar-refractivity contribution in [3.05, 3.63) is 57.5 Å². The lowest BCUT2D eigenvalue weighted by atomic mass is 10.1.